The van der Waals surface area contributed by atoms with Crippen LogP contribution in [-0.2, 0) is 11.3 Å². The molecule has 0 heterocycles. The van der Waals surface area contributed by atoms with Crippen molar-refractivity contribution in [2.45, 2.75) is 18.8 Å². The molecule has 0 fully saturated rings. The van der Waals surface area contributed by atoms with Gasteiger partial charge in [0.1, 0.15) is 18.8 Å². The molecule has 0 radical (unpaired) electrons. The van der Waals surface area contributed by atoms with E-state index in [2.05, 4.69) is 10.1 Å². The summed E-state index contributed by atoms with van der Waals surface area (Å²) in [7, 11) is 1.11. The Morgan fingerprint density at radius 2 is 1.77 bits per heavy atom. The minimum absolute atomic E-state index is 0.0419. The van der Waals surface area contributed by atoms with Gasteiger partial charge in [0.2, 0.25) is 0 Å². The van der Waals surface area contributed by atoms with Crippen molar-refractivity contribution in [3.05, 3.63) is 65.2 Å². The molecule has 0 spiro atoms. The topological polar surface area (TPSA) is 88.0 Å². The highest BCUT2D eigenvalue weighted by atomic mass is 19.1. The number of nitrogens with one attached hydrogen (secondary N) is 1. The van der Waals surface area contributed by atoms with Crippen LogP contribution in [0.15, 0.2) is 42.5 Å². The van der Waals surface area contributed by atoms with Crippen LogP contribution in [0.3, 0.4) is 0 Å². The molecule has 6 nitrogen and oxygen atoms in total. The first-order valence-corrected chi connectivity index (χ1v) is 7.76. The maximum absolute atomic E-state index is 13.7. The van der Waals surface area contributed by atoms with Crippen LogP contribution in [0, 0.1) is 11.6 Å². The van der Waals surface area contributed by atoms with Crippen LogP contribution in [0.4, 0.5) is 13.6 Å². The number of methoxy groups -OCH3 is 1. The molecule has 2 aromatic carbocycles. The van der Waals surface area contributed by atoms with Crippen molar-refractivity contribution in [1.82, 2.24) is 5.32 Å². The fraction of sp³-hybridized carbons (Fsp3) is 0.278. The summed E-state index contributed by atoms with van der Waals surface area (Å²) in [4.78, 5) is 11.6. The summed E-state index contributed by atoms with van der Waals surface area (Å²) in [5.41, 5.74) is 0.597. The number of halogens is 2. The van der Waals surface area contributed by atoms with Crippen molar-refractivity contribution in [1.29, 1.82) is 0 Å². The van der Waals surface area contributed by atoms with Gasteiger partial charge in [-0.25, -0.2) is 13.6 Å². The van der Waals surface area contributed by atoms with Crippen LogP contribution in [0.2, 0.25) is 0 Å². The molecule has 0 saturated heterocycles. The zero-order valence-electron chi connectivity index (χ0n) is 14.0. The third-order valence-electron chi connectivity index (χ3n) is 3.60. The van der Waals surface area contributed by atoms with E-state index in [1.807, 2.05) is 6.07 Å². The summed E-state index contributed by atoms with van der Waals surface area (Å²) >= 11 is 0. The second-order valence-corrected chi connectivity index (χ2v) is 5.47. The van der Waals surface area contributed by atoms with Crippen molar-refractivity contribution in [2.24, 2.45) is 0 Å². The monoisotopic (exact) mass is 367 g/mol. The van der Waals surface area contributed by atoms with Crippen molar-refractivity contribution < 1.29 is 33.3 Å². The lowest BCUT2D eigenvalue weighted by atomic mass is 10.0. The van der Waals surface area contributed by atoms with Gasteiger partial charge in [-0.3, -0.25) is 0 Å². The number of aliphatic hydroxyl groups excluding tert-OH is 2. The Kier molecular flexibility index (Phi) is 6.88. The van der Waals surface area contributed by atoms with Crippen molar-refractivity contribution in [3.63, 3.8) is 0 Å². The Labute approximate surface area is 149 Å². The first kappa shape index (κ1) is 19.6. The molecule has 8 heteroatoms. The number of alkyl carbamates (subject to hydrolysis) is 1. The molecule has 0 aromatic heterocycles. The summed E-state index contributed by atoms with van der Waals surface area (Å²) < 4.78 is 36.8. The lowest BCUT2D eigenvalue weighted by Gasteiger charge is -2.19. The zero-order chi connectivity index (χ0) is 19.1. The number of carbonyl (C=O) groups excluding carboxylic acids is 1. The standard InChI is InChI=1S/C18H19F2NO5/c1-25-17-13(19)7-12(8-14(17)20)16(23)15(22)9-21-18(24)26-10-11-5-3-2-4-6-11/h2-8,15-16,22-23H,9-10H2,1H3,(H,21,24). The van der Waals surface area contributed by atoms with Gasteiger partial charge in [0.15, 0.2) is 17.4 Å². The van der Waals surface area contributed by atoms with Gasteiger partial charge < -0.3 is 25.0 Å². The average molecular weight is 367 g/mol. The number of aliphatic hydroxyl groups is 2. The first-order valence-electron chi connectivity index (χ1n) is 7.76. The summed E-state index contributed by atoms with van der Waals surface area (Å²) in [6.45, 7) is -0.329. The zero-order valence-corrected chi connectivity index (χ0v) is 14.0. The Morgan fingerprint density at radius 1 is 1.15 bits per heavy atom. The van der Waals surface area contributed by atoms with E-state index in [1.165, 1.54) is 0 Å². The average Bonchev–Trinajstić information content (AvgIpc) is 2.64. The number of hydrogen-bond donors (Lipinski definition) is 3. The molecule has 0 aliphatic rings. The molecule has 2 atom stereocenters. The lowest BCUT2D eigenvalue weighted by molar-refractivity contribution is 0.0180. The van der Waals surface area contributed by atoms with Gasteiger partial charge in [0.05, 0.1) is 7.11 Å². The van der Waals surface area contributed by atoms with Crippen LogP contribution in [0.1, 0.15) is 17.2 Å². The molecule has 140 valence electrons. The van der Waals surface area contributed by atoms with Crippen LogP contribution in [0.25, 0.3) is 0 Å². The van der Waals surface area contributed by atoms with Crippen molar-refractivity contribution in [2.75, 3.05) is 13.7 Å². The second kappa shape index (κ2) is 9.12. The Morgan fingerprint density at radius 3 is 2.35 bits per heavy atom. The minimum atomic E-state index is -1.61. The lowest BCUT2D eigenvalue weighted by Crippen LogP contribution is -2.35. The van der Waals surface area contributed by atoms with Gasteiger partial charge in [-0.15, -0.1) is 0 Å². The normalized spacial score (nSPS) is 13.0. The van der Waals surface area contributed by atoms with E-state index >= 15 is 0 Å². The van der Waals surface area contributed by atoms with Crippen molar-refractivity contribution in [3.8, 4) is 5.75 Å². The first-order chi connectivity index (χ1) is 12.4. The molecule has 2 rings (SSSR count). The molecule has 2 aromatic rings. The highest BCUT2D eigenvalue weighted by molar-refractivity contribution is 5.67. The van der Waals surface area contributed by atoms with Gasteiger partial charge in [-0.05, 0) is 23.3 Å². The summed E-state index contributed by atoms with van der Waals surface area (Å²) in [5.74, 6) is -2.61. The number of hydrogen-bond acceptors (Lipinski definition) is 5. The maximum Gasteiger partial charge on any atom is 0.407 e. The third kappa shape index (κ3) is 5.14. The molecule has 0 aliphatic carbocycles. The van der Waals surface area contributed by atoms with Crippen molar-refractivity contribution >= 4 is 6.09 Å². The fourth-order valence-electron chi connectivity index (χ4n) is 2.24. The van der Waals surface area contributed by atoms with E-state index in [0.29, 0.717) is 0 Å². The highest BCUT2D eigenvalue weighted by Gasteiger charge is 2.23. The molecular formula is C18H19F2NO5. The molecule has 2 unspecified atom stereocenters. The minimum Gasteiger partial charge on any atom is -0.491 e. The molecule has 0 bridgehead atoms. The predicted molar refractivity (Wildman–Crippen MR) is 88.5 cm³/mol. The predicted octanol–water partition coefficient (Wildman–Crippen LogP) is 2.29. The van der Waals surface area contributed by atoms with Crippen LogP contribution >= 0.6 is 0 Å². The van der Waals surface area contributed by atoms with E-state index in [4.69, 9.17) is 4.74 Å². The fourth-order valence-corrected chi connectivity index (χ4v) is 2.24. The molecular weight excluding hydrogens is 348 g/mol. The quantitative estimate of drug-likeness (QED) is 0.699. The van der Waals surface area contributed by atoms with Gasteiger partial charge in [-0.1, -0.05) is 30.3 Å². The summed E-state index contributed by atoms with van der Waals surface area (Å²) in [6.07, 6.45) is -3.90. The number of rotatable bonds is 7. The van der Waals surface area contributed by atoms with E-state index in [1.54, 1.807) is 24.3 Å². The largest absolute Gasteiger partial charge is 0.491 e. The van der Waals surface area contributed by atoms with E-state index in [-0.39, 0.29) is 18.7 Å². The van der Waals surface area contributed by atoms with E-state index in [9.17, 15) is 23.8 Å². The molecule has 1 amide bonds. The van der Waals surface area contributed by atoms with Crippen LogP contribution in [-0.4, -0.2) is 36.1 Å². The van der Waals surface area contributed by atoms with Crippen LogP contribution < -0.4 is 10.1 Å². The molecule has 3 N–H and O–H groups in total. The highest BCUT2D eigenvalue weighted by Crippen LogP contribution is 2.27. The third-order valence-corrected chi connectivity index (χ3v) is 3.60. The second-order valence-electron chi connectivity index (χ2n) is 5.47. The Balaban J connectivity index is 1.87. The Hall–Kier alpha value is -2.71. The number of carbonyl (C=O) groups is 1. The number of ether oxygens (including phenoxy) is 2. The molecule has 0 saturated carbocycles. The smallest absolute Gasteiger partial charge is 0.407 e. The maximum atomic E-state index is 13.7. The molecule has 26 heavy (non-hydrogen) atoms. The van der Waals surface area contributed by atoms with Gasteiger partial charge in [0.25, 0.3) is 0 Å². The van der Waals surface area contributed by atoms with Gasteiger partial charge >= 0.3 is 6.09 Å². The summed E-state index contributed by atoms with van der Waals surface area (Å²) in [6, 6.07) is 10.7. The van der Waals surface area contributed by atoms with Crippen LogP contribution in [0.5, 0.6) is 5.75 Å². The Bertz CT molecular complexity index is 719. The summed E-state index contributed by atoms with van der Waals surface area (Å²) in [5, 5.41) is 22.2. The van der Waals surface area contributed by atoms with E-state index < -0.39 is 35.7 Å². The van der Waals surface area contributed by atoms with Gasteiger partial charge in [-0.2, -0.15) is 0 Å². The van der Waals surface area contributed by atoms with E-state index in [0.717, 1.165) is 24.8 Å². The SMILES string of the molecule is COc1c(F)cc(C(O)C(O)CNC(=O)OCc2ccccc2)cc1F. The molecule has 0 aliphatic heterocycles. The number of benzene rings is 2. The van der Waals surface area contributed by atoms with Gasteiger partial charge in [0, 0.05) is 6.54 Å². The number of amides is 1.